The van der Waals surface area contributed by atoms with Gasteiger partial charge in [-0.05, 0) is 122 Å². The highest BCUT2D eigenvalue weighted by Crippen LogP contribution is 2.69. The van der Waals surface area contributed by atoms with Crippen LogP contribution in [0.3, 0.4) is 0 Å². The summed E-state index contributed by atoms with van der Waals surface area (Å²) < 4.78 is 0. The van der Waals surface area contributed by atoms with Gasteiger partial charge < -0.3 is 10.2 Å². The third-order valence-corrected chi connectivity index (χ3v) is 11.7. The first-order chi connectivity index (χ1) is 16.8. The van der Waals surface area contributed by atoms with Crippen LogP contribution >= 0.6 is 0 Å². The molecule has 6 unspecified atom stereocenters. The molecule has 4 aliphatic rings. The molecule has 3 heteroatoms. The highest BCUT2D eigenvalue weighted by Gasteiger charge is 2.61. The third kappa shape index (κ3) is 4.30. The fourth-order valence-corrected chi connectivity index (χ4v) is 9.86. The third-order valence-electron chi connectivity index (χ3n) is 11.7. The van der Waals surface area contributed by atoms with Gasteiger partial charge in [0, 0.05) is 0 Å². The molecule has 0 bridgehead atoms. The number of carboxylic acids is 1. The van der Waals surface area contributed by atoms with Crippen molar-refractivity contribution in [2.75, 3.05) is 0 Å². The van der Waals surface area contributed by atoms with E-state index in [1.54, 1.807) is 12.1 Å². The van der Waals surface area contributed by atoms with Crippen LogP contribution in [0.4, 0.5) is 0 Å². The minimum Gasteiger partial charge on any atom is -0.478 e. The number of benzene rings is 1. The Morgan fingerprint density at radius 1 is 1.00 bits per heavy atom. The number of aliphatic hydroxyl groups excluding tert-OH is 1. The number of carboxylic acid groups (broad SMARTS) is 1. The maximum atomic E-state index is 11.5. The second-order valence-electron chi connectivity index (χ2n) is 13.0. The Hall–Kier alpha value is -1.61. The van der Waals surface area contributed by atoms with Gasteiger partial charge in [-0.25, -0.2) is 4.79 Å². The number of hydrogen-bond donors (Lipinski definition) is 2. The molecule has 4 aliphatic carbocycles. The van der Waals surface area contributed by atoms with E-state index >= 15 is 0 Å². The highest BCUT2D eigenvalue weighted by atomic mass is 16.4. The summed E-state index contributed by atoms with van der Waals surface area (Å²) in [5.41, 5.74) is 2.09. The summed E-state index contributed by atoms with van der Waals surface area (Å²) in [5, 5.41) is 19.9. The van der Waals surface area contributed by atoms with E-state index in [1.807, 2.05) is 18.2 Å². The van der Waals surface area contributed by atoms with E-state index in [1.165, 1.54) is 51.4 Å². The maximum Gasteiger partial charge on any atom is 0.336 e. The summed E-state index contributed by atoms with van der Waals surface area (Å²) in [6.07, 6.45) is 17.9. The summed E-state index contributed by atoms with van der Waals surface area (Å²) in [4.78, 5) is 11.5. The molecule has 35 heavy (non-hydrogen) atoms. The van der Waals surface area contributed by atoms with Crippen molar-refractivity contribution in [1.82, 2.24) is 0 Å². The Balaban J connectivity index is 1.28. The number of aromatic carboxylic acids is 1. The van der Waals surface area contributed by atoms with Gasteiger partial charge in [0.15, 0.2) is 0 Å². The van der Waals surface area contributed by atoms with Crippen LogP contribution in [0.2, 0.25) is 0 Å². The molecule has 0 spiro atoms. The quantitative estimate of drug-likeness (QED) is 0.438. The minimum atomic E-state index is -0.852. The SMILES string of the molecule is CC[C@H]1CC2C3CCC(CC/C=C/c4ccccc4C(=O)O)C3(C)CC[C@@H]2C2(C)CC[C@@H](O)CC12. The standard InChI is InChI=1S/C32H46O3/c1-4-21-19-26-27-14-13-23(11-7-5-9-22-10-6-8-12-25(22)30(34)35)31(27,2)18-16-28(26)32(3)17-15-24(33)20-29(21)32/h5-6,8-10,12,21,23-24,26-29,33H,4,7,11,13-20H2,1-3H3,(H,34,35)/b9-5+/t21-,23?,24+,26?,27?,28-,29?,31?,32?/m0/s1. The first-order valence-electron chi connectivity index (χ1n) is 14.4. The van der Waals surface area contributed by atoms with Crippen LogP contribution in [-0.4, -0.2) is 22.3 Å². The average molecular weight is 479 g/mol. The molecule has 4 fully saturated rings. The molecule has 0 aliphatic heterocycles. The Kier molecular flexibility index (Phi) is 6.94. The fourth-order valence-electron chi connectivity index (χ4n) is 9.86. The molecule has 0 saturated heterocycles. The van der Waals surface area contributed by atoms with E-state index in [0.29, 0.717) is 16.4 Å². The predicted octanol–water partition coefficient (Wildman–Crippen LogP) is 7.83. The van der Waals surface area contributed by atoms with Gasteiger partial charge in [0.1, 0.15) is 0 Å². The van der Waals surface area contributed by atoms with Crippen molar-refractivity contribution in [1.29, 1.82) is 0 Å². The summed E-state index contributed by atoms with van der Waals surface area (Å²) in [6, 6.07) is 7.30. The van der Waals surface area contributed by atoms with Crippen molar-refractivity contribution >= 4 is 12.0 Å². The Bertz CT molecular complexity index is 952. The molecular weight excluding hydrogens is 432 g/mol. The molecule has 0 amide bonds. The zero-order chi connectivity index (χ0) is 24.8. The number of allylic oxidation sites excluding steroid dienone is 1. The summed E-state index contributed by atoms with van der Waals surface area (Å²) in [5.74, 6) is 4.03. The lowest BCUT2D eigenvalue weighted by atomic mass is 9.42. The first kappa shape index (κ1) is 25.1. The lowest BCUT2D eigenvalue weighted by molar-refractivity contribution is -0.150. The van der Waals surface area contributed by atoms with Gasteiger partial charge in [0.2, 0.25) is 0 Å². The molecular formula is C32H46O3. The van der Waals surface area contributed by atoms with Gasteiger partial charge in [-0.1, -0.05) is 57.5 Å². The van der Waals surface area contributed by atoms with E-state index in [9.17, 15) is 15.0 Å². The fraction of sp³-hybridized carbons (Fsp3) is 0.719. The van der Waals surface area contributed by atoms with Gasteiger partial charge in [-0.15, -0.1) is 0 Å². The minimum absolute atomic E-state index is 0.0705. The second kappa shape index (κ2) is 9.69. The number of fused-ring (bicyclic) bond motifs is 5. The number of carbonyl (C=O) groups is 1. The van der Waals surface area contributed by atoms with Crippen LogP contribution < -0.4 is 0 Å². The molecule has 0 heterocycles. The zero-order valence-corrected chi connectivity index (χ0v) is 22.1. The lowest BCUT2D eigenvalue weighted by Gasteiger charge is -2.63. The Morgan fingerprint density at radius 3 is 2.51 bits per heavy atom. The normalized spacial score (nSPS) is 42.9. The van der Waals surface area contributed by atoms with E-state index in [0.717, 1.165) is 60.3 Å². The predicted molar refractivity (Wildman–Crippen MR) is 142 cm³/mol. The monoisotopic (exact) mass is 478 g/mol. The lowest BCUT2D eigenvalue weighted by Crippen LogP contribution is -2.56. The number of hydrogen-bond acceptors (Lipinski definition) is 2. The van der Waals surface area contributed by atoms with Gasteiger partial charge in [-0.2, -0.15) is 0 Å². The number of rotatable bonds is 6. The van der Waals surface area contributed by atoms with E-state index in [4.69, 9.17) is 0 Å². The molecule has 5 rings (SSSR count). The van der Waals surface area contributed by atoms with Crippen LogP contribution in [0, 0.1) is 46.3 Å². The maximum absolute atomic E-state index is 11.5. The molecule has 192 valence electrons. The van der Waals surface area contributed by atoms with Crippen molar-refractivity contribution in [3.8, 4) is 0 Å². The Morgan fingerprint density at radius 2 is 1.74 bits per heavy atom. The van der Waals surface area contributed by atoms with Gasteiger partial charge in [-0.3, -0.25) is 0 Å². The summed E-state index contributed by atoms with van der Waals surface area (Å²) in [6.45, 7) is 7.62. The molecule has 3 nitrogen and oxygen atoms in total. The molecule has 4 saturated carbocycles. The average Bonchev–Trinajstić information content (AvgIpc) is 3.18. The van der Waals surface area contributed by atoms with Crippen molar-refractivity contribution in [3.63, 3.8) is 0 Å². The first-order valence-corrected chi connectivity index (χ1v) is 14.4. The van der Waals surface area contributed by atoms with Gasteiger partial charge >= 0.3 is 5.97 Å². The highest BCUT2D eigenvalue weighted by molar-refractivity contribution is 5.92. The molecule has 1 aromatic rings. The van der Waals surface area contributed by atoms with Crippen LogP contribution in [0.15, 0.2) is 30.3 Å². The van der Waals surface area contributed by atoms with Gasteiger partial charge in [0.25, 0.3) is 0 Å². The van der Waals surface area contributed by atoms with Crippen LogP contribution in [-0.2, 0) is 0 Å². The Labute approximate surface area is 212 Å². The van der Waals surface area contributed by atoms with Crippen LogP contribution in [0.1, 0.15) is 107 Å². The zero-order valence-electron chi connectivity index (χ0n) is 22.1. The largest absolute Gasteiger partial charge is 0.478 e. The molecule has 0 radical (unpaired) electrons. The van der Waals surface area contributed by atoms with E-state index in [2.05, 4.69) is 26.8 Å². The van der Waals surface area contributed by atoms with E-state index < -0.39 is 5.97 Å². The smallest absolute Gasteiger partial charge is 0.336 e. The summed E-state index contributed by atoms with van der Waals surface area (Å²) >= 11 is 0. The molecule has 1 aromatic carbocycles. The molecule has 0 aromatic heterocycles. The molecule has 2 N–H and O–H groups in total. The molecule has 9 atom stereocenters. The van der Waals surface area contributed by atoms with Crippen molar-refractivity contribution in [2.24, 2.45) is 46.3 Å². The second-order valence-corrected chi connectivity index (χ2v) is 13.0. The van der Waals surface area contributed by atoms with Crippen molar-refractivity contribution in [3.05, 3.63) is 41.5 Å². The van der Waals surface area contributed by atoms with Crippen LogP contribution in [0.5, 0.6) is 0 Å². The van der Waals surface area contributed by atoms with E-state index in [-0.39, 0.29) is 6.10 Å². The van der Waals surface area contributed by atoms with Gasteiger partial charge in [0.05, 0.1) is 11.7 Å². The summed E-state index contributed by atoms with van der Waals surface area (Å²) in [7, 11) is 0. The van der Waals surface area contributed by atoms with Crippen LogP contribution in [0.25, 0.3) is 6.08 Å². The van der Waals surface area contributed by atoms with Crippen molar-refractivity contribution in [2.45, 2.75) is 97.5 Å². The van der Waals surface area contributed by atoms with Crippen molar-refractivity contribution < 1.29 is 15.0 Å². The topological polar surface area (TPSA) is 57.5 Å². The number of aliphatic hydroxyl groups is 1.